The van der Waals surface area contributed by atoms with Crippen LogP contribution in [0, 0.1) is 6.92 Å². The van der Waals surface area contributed by atoms with Gasteiger partial charge in [0, 0.05) is 24.9 Å². The van der Waals surface area contributed by atoms with Gasteiger partial charge < -0.3 is 19.7 Å². The van der Waals surface area contributed by atoms with Crippen molar-refractivity contribution >= 4 is 11.8 Å². The van der Waals surface area contributed by atoms with Crippen LogP contribution in [0.15, 0.2) is 40.1 Å². The van der Waals surface area contributed by atoms with Crippen LogP contribution in [0.25, 0.3) is 0 Å². The Balaban J connectivity index is 1.26. The first-order valence-corrected chi connectivity index (χ1v) is 11.7. The average molecular weight is 488 g/mol. The number of nitrogens with one attached hydrogen (secondary N) is 1. The summed E-state index contributed by atoms with van der Waals surface area (Å²) in [5, 5.41) is 20.0. The molecule has 4 rings (SSSR count). The van der Waals surface area contributed by atoms with Gasteiger partial charge in [0.05, 0.1) is 17.7 Å². The van der Waals surface area contributed by atoms with Gasteiger partial charge in [-0.3, -0.25) is 28.8 Å². The van der Waals surface area contributed by atoms with E-state index < -0.39 is 42.4 Å². The summed E-state index contributed by atoms with van der Waals surface area (Å²) in [6.45, 7) is 1.70. The van der Waals surface area contributed by atoms with Gasteiger partial charge in [-0.1, -0.05) is 25.0 Å². The van der Waals surface area contributed by atoms with Crippen molar-refractivity contribution in [2.45, 2.75) is 57.1 Å². The summed E-state index contributed by atoms with van der Waals surface area (Å²) in [7, 11) is 0. The number of unbranched alkanes of at least 4 members (excludes halogenated alkanes) is 3. The van der Waals surface area contributed by atoms with Gasteiger partial charge in [-0.05, 0) is 31.9 Å². The van der Waals surface area contributed by atoms with E-state index in [2.05, 4.69) is 4.98 Å². The number of carbonyl (C=O) groups excluding carboxylic acids is 2. The number of aryl methyl sites for hydroxylation is 1. The third kappa shape index (κ3) is 4.98. The zero-order valence-corrected chi connectivity index (χ0v) is 19.4. The molecule has 0 saturated carbocycles. The van der Waals surface area contributed by atoms with E-state index in [4.69, 9.17) is 9.47 Å². The molecule has 188 valence electrons. The highest BCUT2D eigenvalue weighted by atomic mass is 16.6. The second-order valence-electron chi connectivity index (χ2n) is 8.77. The maximum atomic E-state index is 12.4. The van der Waals surface area contributed by atoms with Gasteiger partial charge in [0.15, 0.2) is 6.23 Å². The molecule has 1 aromatic heterocycles. The van der Waals surface area contributed by atoms with Crippen molar-refractivity contribution in [1.82, 2.24) is 14.5 Å². The lowest BCUT2D eigenvalue weighted by molar-refractivity contribution is -0.0750. The number of nitrogens with zero attached hydrogens (tertiary/aromatic N) is 2. The molecule has 2 aliphatic rings. The molecule has 0 unspecified atom stereocenters. The highest BCUT2D eigenvalue weighted by Crippen LogP contribution is 2.31. The molecule has 3 N–H and O–H groups in total. The Morgan fingerprint density at radius 3 is 2.34 bits per heavy atom. The molecule has 35 heavy (non-hydrogen) atoms. The molecule has 0 aliphatic carbocycles. The molecular formula is C24H29N3O8. The van der Waals surface area contributed by atoms with E-state index in [1.54, 1.807) is 31.2 Å². The summed E-state index contributed by atoms with van der Waals surface area (Å²) >= 11 is 0. The number of imide groups is 1. The summed E-state index contributed by atoms with van der Waals surface area (Å²) < 4.78 is 12.6. The molecule has 4 atom stereocenters. The van der Waals surface area contributed by atoms with Gasteiger partial charge >= 0.3 is 5.69 Å². The van der Waals surface area contributed by atoms with Crippen LogP contribution in [0.4, 0.5) is 0 Å². The number of H-pyrrole nitrogens is 1. The number of amides is 2. The Morgan fingerprint density at radius 1 is 1.03 bits per heavy atom. The maximum Gasteiger partial charge on any atom is 0.330 e. The maximum absolute atomic E-state index is 12.4. The Labute approximate surface area is 200 Å². The summed E-state index contributed by atoms with van der Waals surface area (Å²) in [6, 6.07) is 6.79. The van der Waals surface area contributed by atoms with Crippen LogP contribution < -0.4 is 11.2 Å². The number of aliphatic hydroxyl groups excluding tert-OH is 2. The standard InChI is InChI=1S/C24H29N3O8/c1-14-12-27(24(33)25-20(14)30)23-19(18(29)17(13-28)35-23)34-11-7-3-2-6-10-26-21(31)15-8-4-5-9-16(15)22(26)32/h4-5,8-9,12,17-19,23,28-29H,2-3,6-7,10-11,13H2,1H3,(H,25,30,33)/t17-,18-,19-,23-/m1/s1. The first-order valence-electron chi connectivity index (χ1n) is 11.7. The molecule has 11 heteroatoms. The fraction of sp³-hybridized carbons (Fsp3) is 0.500. The van der Waals surface area contributed by atoms with E-state index in [0.29, 0.717) is 36.1 Å². The summed E-state index contributed by atoms with van der Waals surface area (Å²) in [5.74, 6) is -0.525. The van der Waals surface area contributed by atoms with Gasteiger partial charge in [-0.15, -0.1) is 0 Å². The molecule has 0 spiro atoms. The minimum Gasteiger partial charge on any atom is -0.394 e. The quantitative estimate of drug-likeness (QED) is 0.321. The van der Waals surface area contributed by atoms with Gasteiger partial charge in [-0.25, -0.2) is 4.79 Å². The smallest absolute Gasteiger partial charge is 0.330 e. The number of aromatic nitrogens is 2. The fourth-order valence-corrected chi connectivity index (χ4v) is 4.44. The number of hydrogen-bond acceptors (Lipinski definition) is 8. The lowest BCUT2D eigenvalue weighted by Gasteiger charge is -2.22. The molecule has 0 bridgehead atoms. The van der Waals surface area contributed by atoms with Gasteiger partial charge in [0.25, 0.3) is 17.4 Å². The Morgan fingerprint density at radius 2 is 1.69 bits per heavy atom. The van der Waals surface area contributed by atoms with Crippen LogP contribution in [0.1, 0.15) is 58.2 Å². The molecule has 2 amide bonds. The van der Waals surface area contributed by atoms with E-state index in [-0.39, 0.29) is 18.4 Å². The molecule has 2 aromatic rings. The van der Waals surface area contributed by atoms with Crippen LogP contribution in [0.5, 0.6) is 0 Å². The van der Waals surface area contributed by atoms with Gasteiger partial charge in [0.2, 0.25) is 0 Å². The molecule has 1 aromatic carbocycles. The van der Waals surface area contributed by atoms with Crippen molar-refractivity contribution in [3.63, 3.8) is 0 Å². The monoisotopic (exact) mass is 487 g/mol. The van der Waals surface area contributed by atoms with Crippen LogP contribution in [-0.2, 0) is 9.47 Å². The largest absolute Gasteiger partial charge is 0.394 e. The third-order valence-corrected chi connectivity index (χ3v) is 6.38. The third-order valence-electron chi connectivity index (χ3n) is 6.38. The van der Waals surface area contributed by atoms with E-state index in [1.165, 1.54) is 11.1 Å². The zero-order valence-electron chi connectivity index (χ0n) is 19.4. The highest BCUT2D eigenvalue weighted by Gasteiger charge is 2.45. The lowest BCUT2D eigenvalue weighted by atomic mass is 10.1. The predicted octanol–water partition coefficient (Wildman–Crippen LogP) is 0.337. The highest BCUT2D eigenvalue weighted by molar-refractivity contribution is 6.21. The Kier molecular flexibility index (Phi) is 7.60. The minimum atomic E-state index is -1.15. The van der Waals surface area contributed by atoms with Crippen LogP contribution >= 0.6 is 0 Å². The molecule has 11 nitrogen and oxygen atoms in total. The van der Waals surface area contributed by atoms with Crippen molar-refractivity contribution < 1.29 is 29.3 Å². The Hall–Kier alpha value is -3.12. The Bertz CT molecular complexity index is 1170. The average Bonchev–Trinajstić information content (AvgIpc) is 3.29. The summed E-state index contributed by atoms with van der Waals surface area (Å²) in [5.41, 5.74) is -0.0289. The zero-order chi connectivity index (χ0) is 25.1. The second kappa shape index (κ2) is 10.6. The number of aliphatic hydroxyl groups is 2. The van der Waals surface area contributed by atoms with Crippen LogP contribution in [0.2, 0.25) is 0 Å². The SMILES string of the molecule is Cc1cn([C@@H]2O[C@H](CO)[C@@H](O)[C@H]2OCCCCCCN2C(=O)c3ccccc3C2=O)c(=O)[nH]c1=O. The number of rotatable bonds is 10. The van der Waals surface area contributed by atoms with E-state index in [9.17, 15) is 29.4 Å². The number of hydrogen-bond donors (Lipinski definition) is 3. The summed E-state index contributed by atoms with van der Waals surface area (Å²) in [4.78, 5) is 52.2. The minimum absolute atomic E-state index is 0.263. The number of benzene rings is 1. The molecule has 1 saturated heterocycles. The molecule has 1 fully saturated rings. The summed E-state index contributed by atoms with van der Waals surface area (Å²) in [6.07, 6.45) is 0.173. The number of aromatic amines is 1. The van der Waals surface area contributed by atoms with E-state index >= 15 is 0 Å². The van der Waals surface area contributed by atoms with E-state index in [1.807, 2.05) is 0 Å². The fourth-order valence-electron chi connectivity index (χ4n) is 4.44. The van der Waals surface area contributed by atoms with Crippen molar-refractivity contribution in [2.24, 2.45) is 0 Å². The normalized spacial score (nSPS) is 23.8. The van der Waals surface area contributed by atoms with Crippen molar-refractivity contribution in [3.05, 3.63) is 68.0 Å². The molecule has 3 heterocycles. The topological polar surface area (TPSA) is 151 Å². The van der Waals surface area contributed by atoms with Crippen molar-refractivity contribution in [2.75, 3.05) is 19.8 Å². The van der Waals surface area contributed by atoms with Crippen molar-refractivity contribution in [1.29, 1.82) is 0 Å². The van der Waals surface area contributed by atoms with Crippen LogP contribution in [0.3, 0.4) is 0 Å². The predicted molar refractivity (Wildman–Crippen MR) is 123 cm³/mol. The van der Waals surface area contributed by atoms with Crippen molar-refractivity contribution in [3.8, 4) is 0 Å². The molecule has 0 radical (unpaired) electrons. The van der Waals surface area contributed by atoms with Gasteiger partial charge in [0.1, 0.15) is 18.3 Å². The number of fused-ring (bicyclic) bond motifs is 1. The first kappa shape index (κ1) is 25.0. The number of carbonyl (C=O) groups is 2. The second-order valence-corrected chi connectivity index (χ2v) is 8.77. The van der Waals surface area contributed by atoms with E-state index in [0.717, 1.165) is 17.4 Å². The molecular weight excluding hydrogens is 458 g/mol. The lowest BCUT2D eigenvalue weighted by Crippen LogP contribution is -2.40. The first-order chi connectivity index (χ1) is 16.8. The van der Waals surface area contributed by atoms with Crippen LogP contribution in [-0.4, -0.2) is 74.5 Å². The molecule has 2 aliphatic heterocycles. The van der Waals surface area contributed by atoms with Gasteiger partial charge in [-0.2, -0.15) is 0 Å². The number of ether oxygens (including phenoxy) is 2.